The zero-order valence-corrected chi connectivity index (χ0v) is 20.9. The van der Waals surface area contributed by atoms with Crippen molar-refractivity contribution < 1.29 is 9.59 Å². The van der Waals surface area contributed by atoms with Crippen LogP contribution in [-0.4, -0.2) is 28.8 Å². The minimum atomic E-state index is -0.581. The summed E-state index contributed by atoms with van der Waals surface area (Å²) in [5.74, 6) is -0.106. The Morgan fingerprint density at radius 3 is 2.03 bits per heavy atom. The van der Waals surface area contributed by atoms with Gasteiger partial charge in [-0.2, -0.15) is 0 Å². The molecule has 0 spiro atoms. The van der Waals surface area contributed by atoms with Crippen molar-refractivity contribution in [2.24, 2.45) is 0 Å². The summed E-state index contributed by atoms with van der Waals surface area (Å²) in [7, 11) is 0. The van der Waals surface area contributed by atoms with Crippen LogP contribution in [0, 0.1) is 0 Å². The lowest BCUT2D eigenvalue weighted by Gasteiger charge is -2.32. The molecule has 0 radical (unpaired) electrons. The summed E-state index contributed by atoms with van der Waals surface area (Å²) < 4.78 is 0.984. The highest BCUT2D eigenvalue weighted by atomic mass is 79.9. The first-order chi connectivity index (χ1) is 16.6. The molecule has 34 heavy (non-hydrogen) atoms. The molecule has 1 fully saturated rings. The number of carbonyl (C=O) groups excluding carboxylic acids is 2. The van der Waals surface area contributed by atoms with Crippen molar-refractivity contribution in [1.29, 1.82) is 0 Å². The number of carbonyl (C=O) groups is 2. The summed E-state index contributed by atoms with van der Waals surface area (Å²) in [6, 6.07) is 27.3. The molecule has 0 aromatic heterocycles. The van der Waals surface area contributed by atoms with Crippen LogP contribution < -0.4 is 5.32 Å². The number of benzene rings is 3. The van der Waals surface area contributed by atoms with Crippen LogP contribution in [0.15, 0.2) is 89.4 Å². The van der Waals surface area contributed by atoms with E-state index in [-0.39, 0.29) is 24.3 Å². The van der Waals surface area contributed by atoms with E-state index in [1.165, 1.54) is 0 Å². The van der Waals surface area contributed by atoms with E-state index in [1.54, 1.807) is 4.90 Å². The fourth-order valence-corrected chi connectivity index (χ4v) is 4.84. The minimum absolute atomic E-state index is 0.0448. The summed E-state index contributed by atoms with van der Waals surface area (Å²) >= 11 is 3.49. The van der Waals surface area contributed by atoms with Gasteiger partial charge in [-0.25, -0.2) is 0 Å². The van der Waals surface area contributed by atoms with Gasteiger partial charge in [0.25, 0.3) is 0 Å². The molecule has 1 saturated carbocycles. The van der Waals surface area contributed by atoms with Crippen molar-refractivity contribution in [3.05, 3.63) is 106 Å². The largest absolute Gasteiger partial charge is 0.352 e. The van der Waals surface area contributed by atoms with Crippen LogP contribution >= 0.6 is 15.9 Å². The summed E-state index contributed by atoms with van der Waals surface area (Å²) in [6.45, 7) is 0.383. The van der Waals surface area contributed by atoms with Crippen molar-refractivity contribution >= 4 is 27.7 Å². The van der Waals surface area contributed by atoms with Crippen molar-refractivity contribution in [1.82, 2.24) is 10.2 Å². The van der Waals surface area contributed by atoms with Gasteiger partial charge in [0.2, 0.25) is 11.8 Å². The number of hydrogen-bond acceptors (Lipinski definition) is 2. The number of nitrogens with one attached hydrogen (secondary N) is 1. The molecule has 1 N–H and O–H groups in total. The first-order valence-electron chi connectivity index (χ1n) is 12.0. The van der Waals surface area contributed by atoms with Gasteiger partial charge in [-0.05, 0) is 41.7 Å². The summed E-state index contributed by atoms with van der Waals surface area (Å²) in [4.78, 5) is 29.1. The summed E-state index contributed by atoms with van der Waals surface area (Å²) in [5, 5.41) is 3.25. The van der Waals surface area contributed by atoms with Gasteiger partial charge < -0.3 is 10.2 Å². The van der Waals surface area contributed by atoms with Gasteiger partial charge >= 0.3 is 0 Å². The fourth-order valence-electron chi connectivity index (χ4n) is 4.58. The fraction of sp³-hybridized carbons (Fsp3) is 0.310. The van der Waals surface area contributed by atoms with Crippen LogP contribution in [0.3, 0.4) is 0 Å². The number of hydrogen-bond donors (Lipinski definition) is 1. The topological polar surface area (TPSA) is 49.4 Å². The first kappa shape index (κ1) is 24.2. The maximum absolute atomic E-state index is 13.7. The van der Waals surface area contributed by atoms with Crippen LogP contribution in [0.4, 0.5) is 0 Å². The van der Waals surface area contributed by atoms with Crippen LogP contribution in [0.5, 0.6) is 0 Å². The highest BCUT2D eigenvalue weighted by Gasteiger charge is 2.32. The van der Waals surface area contributed by atoms with E-state index < -0.39 is 6.04 Å². The van der Waals surface area contributed by atoms with Gasteiger partial charge in [-0.15, -0.1) is 0 Å². The van der Waals surface area contributed by atoms with E-state index in [0.29, 0.717) is 13.0 Å². The molecule has 1 atom stereocenters. The van der Waals surface area contributed by atoms with E-state index in [1.807, 2.05) is 84.9 Å². The normalized spacial score (nSPS) is 14.5. The van der Waals surface area contributed by atoms with Crippen molar-refractivity contribution in [3.63, 3.8) is 0 Å². The Labute approximate surface area is 210 Å². The van der Waals surface area contributed by atoms with Crippen molar-refractivity contribution in [2.45, 2.75) is 57.2 Å². The highest BCUT2D eigenvalue weighted by molar-refractivity contribution is 9.10. The molecule has 0 saturated heterocycles. The van der Waals surface area contributed by atoms with Gasteiger partial charge in [0.1, 0.15) is 6.04 Å². The number of nitrogens with zero attached hydrogens (tertiary/aromatic N) is 1. The van der Waals surface area contributed by atoms with E-state index in [0.717, 1.165) is 46.8 Å². The van der Waals surface area contributed by atoms with E-state index >= 15 is 0 Å². The highest BCUT2D eigenvalue weighted by Crippen LogP contribution is 2.21. The molecule has 0 unspecified atom stereocenters. The number of halogens is 1. The van der Waals surface area contributed by atoms with Crippen LogP contribution in [0.25, 0.3) is 0 Å². The van der Waals surface area contributed by atoms with Gasteiger partial charge in [0, 0.05) is 23.5 Å². The third-order valence-corrected chi connectivity index (χ3v) is 6.97. The van der Waals surface area contributed by atoms with Gasteiger partial charge in [-0.1, -0.05) is 102 Å². The lowest BCUT2D eigenvalue weighted by molar-refractivity contribution is -0.141. The third kappa shape index (κ3) is 6.80. The Kier molecular flexibility index (Phi) is 8.53. The maximum atomic E-state index is 13.7. The second-order valence-corrected chi connectivity index (χ2v) is 9.92. The lowest BCUT2D eigenvalue weighted by atomic mass is 10.0. The summed E-state index contributed by atoms with van der Waals surface area (Å²) in [5.41, 5.74) is 2.99. The Bertz CT molecular complexity index is 1060. The molecular weight excluding hydrogens is 488 g/mol. The van der Waals surface area contributed by atoms with Crippen LogP contribution in [0.2, 0.25) is 0 Å². The van der Waals surface area contributed by atoms with Crippen molar-refractivity contribution in [2.75, 3.05) is 0 Å². The Morgan fingerprint density at radius 2 is 1.41 bits per heavy atom. The Hall–Kier alpha value is -2.92. The molecule has 0 aliphatic heterocycles. The average Bonchev–Trinajstić information content (AvgIpc) is 3.36. The maximum Gasteiger partial charge on any atom is 0.243 e. The number of rotatable bonds is 9. The minimum Gasteiger partial charge on any atom is -0.352 e. The lowest BCUT2D eigenvalue weighted by Crippen LogP contribution is -2.52. The van der Waals surface area contributed by atoms with Crippen LogP contribution in [0.1, 0.15) is 42.4 Å². The van der Waals surface area contributed by atoms with E-state index in [9.17, 15) is 9.59 Å². The molecule has 176 valence electrons. The van der Waals surface area contributed by atoms with Crippen molar-refractivity contribution in [3.8, 4) is 0 Å². The standard InChI is InChI=1S/C29H31BrN2O2/c30-25-17-15-24(16-18-25)21-32(28(33)20-23-11-5-2-6-12-23)27(19-22-9-3-1-4-10-22)29(34)31-26-13-7-8-14-26/h1-6,9-12,15-18,26-27H,7-8,13-14,19-21H2,(H,31,34)/t27-/m0/s1. The molecular formula is C29H31BrN2O2. The van der Waals surface area contributed by atoms with Gasteiger partial charge in [0.15, 0.2) is 0 Å². The molecule has 2 amide bonds. The predicted octanol–water partition coefficient (Wildman–Crippen LogP) is 5.69. The molecule has 0 heterocycles. The monoisotopic (exact) mass is 518 g/mol. The Morgan fingerprint density at radius 1 is 0.824 bits per heavy atom. The quantitative estimate of drug-likeness (QED) is 0.395. The molecule has 3 aromatic rings. The smallest absolute Gasteiger partial charge is 0.243 e. The zero-order valence-electron chi connectivity index (χ0n) is 19.3. The average molecular weight is 519 g/mol. The summed E-state index contributed by atoms with van der Waals surface area (Å²) in [6.07, 6.45) is 5.05. The first-order valence-corrected chi connectivity index (χ1v) is 12.8. The Balaban J connectivity index is 1.64. The molecule has 5 heteroatoms. The van der Waals surface area contributed by atoms with Gasteiger partial charge in [0.05, 0.1) is 6.42 Å². The van der Waals surface area contributed by atoms with E-state index in [2.05, 4.69) is 21.2 Å². The number of amides is 2. The SMILES string of the molecule is O=C(NC1CCCC1)[C@H](Cc1ccccc1)N(Cc1ccc(Br)cc1)C(=O)Cc1ccccc1. The second-order valence-electron chi connectivity index (χ2n) is 9.01. The molecule has 1 aliphatic rings. The van der Waals surface area contributed by atoms with Gasteiger partial charge in [-0.3, -0.25) is 9.59 Å². The second kappa shape index (κ2) is 12.0. The molecule has 3 aromatic carbocycles. The molecule has 4 rings (SSSR count). The third-order valence-electron chi connectivity index (χ3n) is 6.44. The van der Waals surface area contributed by atoms with Crippen LogP contribution in [-0.2, 0) is 29.0 Å². The molecule has 1 aliphatic carbocycles. The molecule has 4 nitrogen and oxygen atoms in total. The predicted molar refractivity (Wildman–Crippen MR) is 139 cm³/mol. The molecule has 0 bridgehead atoms. The zero-order chi connectivity index (χ0) is 23.8. The van der Waals surface area contributed by atoms with E-state index in [4.69, 9.17) is 0 Å².